The van der Waals surface area contributed by atoms with Gasteiger partial charge in [0.15, 0.2) is 0 Å². The monoisotopic (exact) mass is 538 g/mol. The van der Waals surface area contributed by atoms with Crippen molar-refractivity contribution in [3.8, 4) is 11.1 Å². The van der Waals surface area contributed by atoms with Gasteiger partial charge in [0.25, 0.3) is 0 Å². The number of hydrogen-bond acceptors (Lipinski definition) is 1. The predicted octanol–water partition coefficient (Wildman–Crippen LogP) is 1.33. The summed E-state index contributed by atoms with van der Waals surface area (Å²) in [7, 11) is -0.923. The smallest absolute Gasteiger partial charge is 1.00 e. The molecule has 5 heteroatoms. The Morgan fingerprint density at radius 3 is 2.30 bits per heavy atom. The zero-order chi connectivity index (χ0) is 19.9. The fourth-order valence-corrected chi connectivity index (χ4v) is 9.40. The molecule has 0 saturated heterocycles. The molecule has 0 saturated carbocycles. The molecule has 0 fully saturated rings. The predicted molar refractivity (Wildman–Crippen MR) is 121 cm³/mol. The molecule has 30 heavy (non-hydrogen) atoms. The van der Waals surface area contributed by atoms with Crippen LogP contribution in [0.3, 0.4) is 0 Å². The van der Waals surface area contributed by atoms with Crippen LogP contribution in [-0.2, 0) is 32.6 Å². The summed E-state index contributed by atoms with van der Waals surface area (Å²) in [6.07, 6.45) is 10.1. The molecule has 0 aromatic heterocycles. The molecular formula is C25H34Cl2OSiZr. The molecule has 0 N–H and O–H groups in total. The van der Waals surface area contributed by atoms with Gasteiger partial charge in [-0.15, -0.1) is 0 Å². The molecule has 0 radical (unpaired) electrons. The van der Waals surface area contributed by atoms with Gasteiger partial charge in [-0.05, 0) is 0 Å². The Balaban J connectivity index is 0.00000225. The van der Waals surface area contributed by atoms with Crippen molar-refractivity contribution in [3.05, 3.63) is 64.7 Å². The topological polar surface area (TPSA) is 9.23 Å². The zero-order valence-electron chi connectivity index (χ0n) is 18.7. The number of hydrogen-bond donors (Lipinski definition) is 0. The standard InChI is InChI=1S/C23H27.C2H7OSi.2ClH.Zr/c1-3-5-6-7-9-19-12-14-20(15-13-19)22-11-8-10-21-16-18(4-2)17-23(21)22;1-4(2)3;;;/h8,10-17H,3-7,9H2,1-2H3;4H,1-2H3;2*1H;/q;-1;;;+3/p-2. The summed E-state index contributed by atoms with van der Waals surface area (Å²) >= 11 is -0.862. The van der Waals surface area contributed by atoms with Gasteiger partial charge in [-0.25, -0.2) is 0 Å². The molecule has 1 atom stereocenters. The van der Waals surface area contributed by atoms with Crippen LogP contribution in [0.4, 0.5) is 0 Å². The molecule has 3 rings (SSSR count). The van der Waals surface area contributed by atoms with Gasteiger partial charge in [0.05, 0.1) is 0 Å². The van der Waals surface area contributed by atoms with E-state index in [1.54, 1.807) is 5.57 Å². The quantitative estimate of drug-likeness (QED) is 0.327. The van der Waals surface area contributed by atoms with Crippen LogP contribution in [0.5, 0.6) is 0 Å². The van der Waals surface area contributed by atoms with E-state index < -0.39 is 32.7 Å². The molecule has 1 nitrogen and oxygen atoms in total. The fourth-order valence-electron chi connectivity index (χ4n) is 3.97. The first-order valence-electron chi connectivity index (χ1n) is 11.0. The minimum Gasteiger partial charge on any atom is -1.00 e. The summed E-state index contributed by atoms with van der Waals surface area (Å²) in [5.41, 5.74) is 8.79. The van der Waals surface area contributed by atoms with Gasteiger partial charge in [-0.3, -0.25) is 0 Å². The van der Waals surface area contributed by atoms with E-state index in [0.29, 0.717) is 3.63 Å². The average Bonchev–Trinajstić information content (AvgIpc) is 3.08. The zero-order valence-corrected chi connectivity index (χ0v) is 23.8. The average molecular weight is 541 g/mol. The van der Waals surface area contributed by atoms with Crippen LogP contribution >= 0.6 is 0 Å². The van der Waals surface area contributed by atoms with Crippen LogP contribution in [0.15, 0.2) is 48.0 Å². The fraction of sp³-hybridized carbons (Fsp3) is 0.440. The minimum absolute atomic E-state index is 0. The molecule has 1 aliphatic rings. The molecule has 162 valence electrons. The van der Waals surface area contributed by atoms with E-state index >= 15 is 0 Å². The van der Waals surface area contributed by atoms with E-state index in [2.05, 4.69) is 75.5 Å². The first-order valence-corrected chi connectivity index (χ1v) is 16.2. The summed E-state index contributed by atoms with van der Waals surface area (Å²) in [5, 5.41) is 0. The van der Waals surface area contributed by atoms with Gasteiger partial charge in [0.1, 0.15) is 0 Å². The number of benzene rings is 2. The van der Waals surface area contributed by atoms with Gasteiger partial charge in [-0.1, -0.05) is 13.3 Å². The SMILES string of the molecule is CCCCCCc1ccc(-c2cccc3c2C=C(CC)[CH]3[Zr+2][O][SiH](C)C)cc1.[Cl-].[Cl-]. The molecular weight excluding hydrogens is 506 g/mol. The van der Waals surface area contributed by atoms with Crippen LogP contribution < -0.4 is 24.8 Å². The maximum atomic E-state index is 6.30. The van der Waals surface area contributed by atoms with E-state index in [-0.39, 0.29) is 24.8 Å². The molecule has 0 heterocycles. The second-order valence-electron chi connectivity index (χ2n) is 8.11. The number of allylic oxidation sites excluding steroid dienone is 1. The van der Waals surface area contributed by atoms with Crippen LogP contribution in [0.25, 0.3) is 17.2 Å². The van der Waals surface area contributed by atoms with E-state index in [9.17, 15) is 0 Å². The molecule has 2 aromatic carbocycles. The van der Waals surface area contributed by atoms with Crippen molar-refractivity contribution in [1.82, 2.24) is 0 Å². The van der Waals surface area contributed by atoms with Crippen molar-refractivity contribution in [2.75, 3.05) is 0 Å². The maximum Gasteiger partial charge on any atom is -1.00 e. The van der Waals surface area contributed by atoms with E-state index in [1.807, 2.05) is 0 Å². The van der Waals surface area contributed by atoms with Gasteiger partial charge in [0.2, 0.25) is 0 Å². The summed E-state index contributed by atoms with van der Waals surface area (Å²) in [5.74, 6) is 0. The summed E-state index contributed by atoms with van der Waals surface area (Å²) in [4.78, 5) is 0. The summed E-state index contributed by atoms with van der Waals surface area (Å²) in [6, 6.07) is 16.2. The van der Waals surface area contributed by atoms with Gasteiger partial charge >= 0.3 is 173 Å². The summed E-state index contributed by atoms with van der Waals surface area (Å²) < 4.78 is 6.91. The maximum absolute atomic E-state index is 6.30. The third kappa shape index (κ3) is 7.17. The Hall–Kier alpha value is -0.180. The Morgan fingerprint density at radius 2 is 1.67 bits per heavy atom. The Kier molecular flexibility index (Phi) is 13.1. The Bertz CT molecular complexity index is 805. The van der Waals surface area contributed by atoms with Crippen LogP contribution in [0.2, 0.25) is 13.1 Å². The van der Waals surface area contributed by atoms with Crippen molar-refractivity contribution in [3.63, 3.8) is 0 Å². The molecule has 2 aromatic rings. The van der Waals surface area contributed by atoms with Gasteiger partial charge < -0.3 is 24.8 Å². The molecule has 1 unspecified atom stereocenters. The number of halogens is 2. The molecule has 0 amide bonds. The molecule has 0 aliphatic heterocycles. The van der Waals surface area contributed by atoms with Crippen molar-refractivity contribution in [1.29, 1.82) is 0 Å². The number of rotatable bonds is 10. The van der Waals surface area contributed by atoms with Crippen molar-refractivity contribution in [2.45, 2.75) is 69.1 Å². The molecule has 0 spiro atoms. The normalized spacial score (nSPS) is 14.4. The van der Waals surface area contributed by atoms with Crippen molar-refractivity contribution >= 4 is 15.1 Å². The van der Waals surface area contributed by atoms with Gasteiger partial charge in [0, 0.05) is 0 Å². The molecule has 0 bridgehead atoms. The Morgan fingerprint density at radius 1 is 0.933 bits per heavy atom. The van der Waals surface area contributed by atoms with Crippen LogP contribution in [-0.4, -0.2) is 9.04 Å². The van der Waals surface area contributed by atoms with Crippen LogP contribution in [0.1, 0.15) is 66.3 Å². The van der Waals surface area contributed by atoms with E-state index in [1.165, 1.54) is 59.9 Å². The van der Waals surface area contributed by atoms with E-state index in [4.69, 9.17) is 2.50 Å². The molecule has 1 aliphatic carbocycles. The number of aryl methyl sites for hydroxylation is 1. The Labute approximate surface area is 209 Å². The van der Waals surface area contributed by atoms with Crippen molar-refractivity contribution < 1.29 is 51.0 Å². The number of fused-ring (bicyclic) bond motifs is 1. The third-order valence-corrected chi connectivity index (χ3v) is 12.9. The van der Waals surface area contributed by atoms with E-state index in [0.717, 1.165) is 6.42 Å². The van der Waals surface area contributed by atoms with Crippen LogP contribution in [0, 0.1) is 0 Å². The largest absolute Gasteiger partial charge is 1.00 e. The minimum atomic E-state index is -0.923. The summed E-state index contributed by atoms with van der Waals surface area (Å²) in [6.45, 7) is 9.17. The van der Waals surface area contributed by atoms with Gasteiger partial charge in [-0.2, -0.15) is 0 Å². The number of unbranched alkanes of at least 4 members (excludes halogenated alkanes) is 3. The first-order chi connectivity index (χ1) is 13.6. The second kappa shape index (κ2) is 14.1. The second-order valence-corrected chi connectivity index (χ2v) is 14.2. The van der Waals surface area contributed by atoms with Crippen molar-refractivity contribution in [2.24, 2.45) is 0 Å². The third-order valence-electron chi connectivity index (χ3n) is 5.57. The first kappa shape index (κ1) is 27.9.